The molecule has 1 amide bonds. The van der Waals surface area contributed by atoms with Crippen LogP contribution in [-0.2, 0) is 22.8 Å². The number of hydrogen-bond acceptors (Lipinski definition) is 5. The van der Waals surface area contributed by atoms with Crippen molar-refractivity contribution >= 4 is 18.3 Å². The zero-order chi connectivity index (χ0) is 26.8. The second-order valence-corrected chi connectivity index (χ2v) is 8.47. The maximum atomic E-state index is 14.6. The number of ether oxygens (including phenoxy) is 1. The number of benzene rings is 1. The number of nitrogens with zero attached hydrogens (tertiary/aromatic N) is 3. The first-order chi connectivity index (χ1) is 16.8. The predicted molar refractivity (Wildman–Crippen MR) is 130 cm³/mol. The molecule has 0 atom stereocenters. The Morgan fingerprint density at radius 1 is 1.19 bits per heavy atom. The smallest absolute Gasteiger partial charge is 0.418 e. The molecule has 3 rings (SSSR count). The van der Waals surface area contributed by atoms with E-state index in [9.17, 15) is 32.4 Å². The molecule has 37 heavy (non-hydrogen) atoms. The van der Waals surface area contributed by atoms with Crippen LogP contribution in [0.15, 0.2) is 47.5 Å². The van der Waals surface area contributed by atoms with E-state index in [0.717, 1.165) is 22.9 Å². The summed E-state index contributed by atoms with van der Waals surface area (Å²) in [6.45, 7) is 4.32. The highest BCUT2D eigenvalue weighted by atomic mass is 35.5. The number of carbonyl (C=O) groups excluding carboxylic acids is 1. The molecule has 2 N–H and O–H groups in total. The van der Waals surface area contributed by atoms with Crippen LogP contribution >= 0.6 is 12.4 Å². The van der Waals surface area contributed by atoms with Gasteiger partial charge in [0.05, 0.1) is 47.7 Å². The molecule has 0 aliphatic carbocycles. The maximum Gasteiger partial charge on any atom is 0.418 e. The summed E-state index contributed by atoms with van der Waals surface area (Å²) in [4.78, 5) is 28.1. The van der Waals surface area contributed by atoms with Crippen molar-refractivity contribution in [3.8, 4) is 28.6 Å². The Morgan fingerprint density at radius 3 is 2.41 bits per heavy atom. The monoisotopic (exact) mass is 538 g/mol. The van der Waals surface area contributed by atoms with E-state index < -0.39 is 40.1 Å². The molecule has 7 nitrogen and oxygen atoms in total. The third kappa shape index (κ3) is 6.27. The van der Waals surface area contributed by atoms with Crippen molar-refractivity contribution in [3.63, 3.8) is 0 Å². The topological polar surface area (TPSA) is 111 Å². The normalized spacial score (nSPS) is 11.4. The lowest BCUT2D eigenvalue weighted by Gasteiger charge is -2.21. The molecule has 0 aliphatic heterocycles. The summed E-state index contributed by atoms with van der Waals surface area (Å²) in [5, 5.41) is 9.33. The van der Waals surface area contributed by atoms with E-state index >= 15 is 0 Å². The van der Waals surface area contributed by atoms with Gasteiger partial charge in [-0.1, -0.05) is 12.1 Å². The van der Waals surface area contributed by atoms with Gasteiger partial charge in [-0.2, -0.15) is 18.4 Å². The number of primary amides is 1. The van der Waals surface area contributed by atoms with Crippen LogP contribution in [0.4, 0.5) is 17.6 Å². The Morgan fingerprint density at radius 2 is 1.86 bits per heavy atom. The molecule has 196 valence electrons. The van der Waals surface area contributed by atoms with Crippen molar-refractivity contribution in [2.24, 2.45) is 5.73 Å². The standard InChI is InChI=1S/C25H22F4N4O3.ClH/c1-4-36-20-8-16(14-5-6-15(9-21(31)34)19(26)7-14)12-33(23(20)35)17-10-18(25(27,28)29)22(32-11-17)24(2,3)13-30;/h5-8,10-12H,4,9H2,1-3H3,(H2,31,34);1H. The molecule has 0 fully saturated rings. The lowest BCUT2D eigenvalue weighted by molar-refractivity contribution is -0.138. The van der Waals surface area contributed by atoms with E-state index in [1.54, 1.807) is 13.0 Å². The Balaban J connectivity index is 0.00000481. The van der Waals surface area contributed by atoms with E-state index in [2.05, 4.69) is 4.98 Å². The summed E-state index contributed by atoms with van der Waals surface area (Å²) in [5.41, 5.74) is 1.56. The van der Waals surface area contributed by atoms with Gasteiger partial charge in [0, 0.05) is 11.8 Å². The number of rotatable bonds is 7. The van der Waals surface area contributed by atoms with Gasteiger partial charge in [-0.05, 0) is 50.1 Å². The van der Waals surface area contributed by atoms with Gasteiger partial charge >= 0.3 is 6.18 Å². The largest absolute Gasteiger partial charge is 0.488 e. The molecule has 0 spiro atoms. The molecular weight excluding hydrogens is 516 g/mol. The highest BCUT2D eigenvalue weighted by molar-refractivity contribution is 5.85. The number of nitrogens with two attached hydrogens (primary N) is 1. The van der Waals surface area contributed by atoms with E-state index in [0.29, 0.717) is 0 Å². The Labute approximate surface area is 215 Å². The number of pyridine rings is 2. The molecule has 2 aromatic heterocycles. The van der Waals surface area contributed by atoms with Crippen LogP contribution in [0.1, 0.15) is 37.6 Å². The van der Waals surface area contributed by atoms with Crippen molar-refractivity contribution in [2.45, 2.75) is 38.8 Å². The summed E-state index contributed by atoms with van der Waals surface area (Å²) in [6, 6.07) is 7.84. The van der Waals surface area contributed by atoms with Crippen molar-refractivity contribution in [1.29, 1.82) is 5.26 Å². The average molecular weight is 539 g/mol. The molecular formula is C25H23ClF4N4O3. The Kier molecular flexibility index (Phi) is 8.72. The van der Waals surface area contributed by atoms with Crippen LogP contribution in [0, 0.1) is 17.1 Å². The second kappa shape index (κ2) is 11.0. The highest BCUT2D eigenvalue weighted by Gasteiger charge is 2.39. The minimum Gasteiger partial charge on any atom is -0.488 e. The summed E-state index contributed by atoms with van der Waals surface area (Å²) in [7, 11) is 0. The highest BCUT2D eigenvalue weighted by Crippen LogP contribution is 2.37. The average Bonchev–Trinajstić information content (AvgIpc) is 2.80. The minimum atomic E-state index is -4.85. The zero-order valence-corrected chi connectivity index (χ0v) is 20.8. The summed E-state index contributed by atoms with van der Waals surface area (Å²) >= 11 is 0. The Bertz CT molecular complexity index is 1430. The lowest BCUT2D eigenvalue weighted by Crippen LogP contribution is -2.25. The van der Waals surface area contributed by atoms with Gasteiger partial charge in [-0.3, -0.25) is 19.1 Å². The molecule has 3 aromatic rings. The van der Waals surface area contributed by atoms with Crippen LogP contribution in [0.3, 0.4) is 0 Å². The van der Waals surface area contributed by atoms with Crippen molar-refractivity contribution in [3.05, 3.63) is 75.7 Å². The fourth-order valence-electron chi connectivity index (χ4n) is 3.58. The lowest BCUT2D eigenvalue weighted by atomic mass is 9.87. The van der Waals surface area contributed by atoms with E-state index in [1.165, 1.54) is 38.2 Å². The van der Waals surface area contributed by atoms with E-state index in [-0.39, 0.29) is 53.6 Å². The number of halogens is 5. The third-order valence-electron chi connectivity index (χ3n) is 5.36. The summed E-state index contributed by atoms with van der Waals surface area (Å²) in [6.07, 6.45) is -2.87. The third-order valence-corrected chi connectivity index (χ3v) is 5.36. The van der Waals surface area contributed by atoms with Gasteiger partial charge < -0.3 is 10.5 Å². The molecule has 0 aliphatic rings. The SMILES string of the molecule is CCOc1cc(-c2ccc(CC(N)=O)c(F)c2)cn(-c2cnc(C(C)(C)C#N)c(C(F)(F)F)c2)c1=O.Cl. The Hall–Kier alpha value is -3.91. The molecule has 2 heterocycles. The van der Waals surface area contributed by atoms with E-state index in [4.69, 9.17) is 10.5 Å². The molecule has 0 saturated carbocycles. The van der Waals surface area contributed by atoms with Gasteiger partial charge in [0.1, 0.15) is 5.82 Å². The summed E-state index contributed by atoms with van der Waals surface area (Å²) in [5.74, 6) is -1.61. The molecule has 12 heteroatoms. The van der Waals surface area contributed by atoms with E-state index in [1.807, 2.05) is 0 Å². The molecule has 0 saturated heterocycles. The van der Waals surface area contributed by atoms with Gasteiger partial charge in [-0.15, -0.1) is 12.4 Å². The van der Waals surface area contributed by atoms with Gasteiger partial charge in [0.25, 0.3) is 5.56 Å². The van der Waals surface area contributed by atoms with Crippen LogP contribution in [-0.4, -0.2) is 22.1 Å². The number of aromatic nitrogens is 2. The van der Waals surface area contributed by atoms with Crippen molar-refractivity contribution < 1.29 is 27.1 Å². The first-order valence-electron chi connectivity index (χ1n) is 10.7. The number of alkyl halides is 3. The first-order valence-corrected chi connectivity index (χ1v) is 10.7. The summed E-state index contributed by atoms with van der Waals surface area (Å²) < 4.78 is 62.5. The maximum absolute atomic E-state index is 14.6. The molecule has 1 aromatic carbocycles. The molecule has 0 unspecified atom stereocenters. The molecule has 0 bridgehead atoms. The zero-order valence-electron chi connectivity index (χ0n) is 20.0. The first kappa shape index (κ1) is 29.3. The molecule has 0 radical (unpaired) electrons. The fourth-order valence-corrected chi connectivity index (χ4v) is 3.58. The number of nitriles is 1. The van der Waals surface area contributed by atoms with Crippen LogP contribution in [0.5, 0.6) is 5.75 Å². The van der Waals surface area contributed by atoms with Crippen molar-refractivity contribution in [2.75, 3.05) is 6.61 Å². The fraction of sp³-hybridized carbons (Fsp3) is 0.280. The van der Waals surface area contributed by atoms with Crippen LogP contribution < -0.4 is 16.0 Å². The minimum absolute atomic E-state index is 0. The quantitative estimate of drug-likeness (QED) is 0.438. The van der Waals surface area contributed by atoms with Gasteiger partial charge in [0.2, 0.25) is 5.91 Å². The van der Waals surface area contributed by atoms with Crippen molar-refractivity contribution in [1.82, 2.24) is 9.55 Å². The number of amides is 1. The van der Waals surface area contributed by atoms with Gasteiger partial charge in [-0.25, -0.2) is 4.39 Å². The number of carbonyl (C=O) groups is 1. The van der Waals surface area contributed by atoms with Crippen LogP contribution in [0.2, 0.25) is 0 Å². The van der Waals surface area contributed by atoms with Gasteiger partial charge in [0.15, 0.2) is 5.75 Å². The number of hydrogen-bond donors (Lipinski definition) is 1. The predicted octanol–water partition coefficient (Wildman–Crippen LogP) is 4.71. The second-order valence-electron chi connectivity index (χ2n) is 8.47. The van der Waals surface area contributed by atoms with Crippen LogP contribution in [0.25, 0.3) is 16.8 Å².